The molecule has 1 saturated carbocycles. The molecule has 1 N–H and O–H groups in total. The Labute approximate surface area is 257 Å². The number of halogens is 1. The van der Waals surface area contributed by atoms with Gasteiger partial charge in [0.2, 0.25) is 11.8 Å². The number of fused-ring (bicyclic) bond motifs is 1. The zero-order valence-electron chi connectivity index (χ0n) is 24.0. The first-order valence-electron chi connectivity index (χ1n) is 14.7. The third-order valence-electron chi connectivity index (χ3n) is 9.29. The van der Waals surface area contributed by atoms with Gasteiger partial charge in [0.25, 0.3) is 0 Å². The van der Waals surface area contributed by atoms with Gasteiger partial charge in [0.05, 0.1) is 23.2 Å². The molecule has 4 aromatic rings. The number of thiophene rings is 1. The standard InChI is InChI=1S/C32H30FN7O3S/c33-23-14-21(16-35)4-5-22(23)17-43-27-3-1-2-26(36-27)38-12-9-32(10-13-38)18-39(19-32)30-37-28-24(15-25(44-28)29(41)42)40(30)20-31(6-7-31)8-11-34/h1-5,14-15H,6-10,12-13,17-20H2,(H,41,42). The predicted octanol–water partition coefficient (Wildman–Crippen LogP) is 5.58. The number of nitriles is 2. The Bertz CT molecular complexity index is 1830. The average Bonchev–Trinajstić information content (AvgIpc) is 3.50. The van der Waals surface area contributed by atoms with Gasteiger partial charge in [-0.25, -0.2) is 14.2 Å². The van der Waals surface area contributed by atoms with Gasteiger partial charge in [-0.15, -0.1) is 11.3 Å². The van der Waals surface area contributed by atoms with Gasteiger partial charge in [-0.3, -0.25) is 0 Å². The van der Waals surface area contributed by atoms with Crippen molar-refractivity contribution >= 4 is 39.4 Å². The topological polar surface area (TPSA) is 131 Å². The van der Waals surface area contributed by atoms with Gasteiger partial charge in [-0.05, 0) is 49.9 Å². The molecule has 1 spiro atoms. The number of anilines is 2. The number of hydrogen-bond acceptors (Lipinski definition) is 9. The van der Waals surface area contributed by atoms with Gasteiger partial charge < -0.3 is 24.2 Å². The summed E-state index contributed by atoms with van der Waals surface area (Å²) < 4.78 is 22.2. The lowest BCUT2D eigenvalue weighted by atomic mass is 9.72. The Morgan fingerprint density at radius 3 is 2.55 bits per heavy atom. The number of benzene rings is 1. The molecule has 3 fully saturated rings. The van der Waals surface area contributed by atoms with Crippen LogP contribution >= 0.6 is 11.3 Å². The van der Waals surface area contributed by atoms with E-state index in [0.717, 1.165) is 74.0 Å². The number of piperidine rings is 1. The maximum atomic E-state index is 14.3. The molecule has 44 heavy (non-hydrogen) atoms. The fourth-order valence-corrected chi connectivity index (χ4v) is 7.32. The van der Waals surface area contributed by atoms with E-state index in [1.54, 1.807) is 24.3 Å². The van der Waals surface area contributed by atoms with Gasteiger partial charge >= 0.3 is 5.97 Å². The second kappa shape index (κ2) is 10.8. The number of hydrogen-bond donors (Lipinski definition) is 1. The number of imidazole rings is 1. The smallest absolute Gasteiger partial charge is 0.346 e. The van der Waals surface area contributed by atoms with Gasteiger partial charge in [0, 0.05) is 61.6 Å². The number of nitrogens with zero attached hydrogens (tertiary/aromatic N) is 7. The molecular formula is C32H30FN7O3S. The van der Waals surface area contributed by atoms with Crippen LogP contribution in [0.1, 0.15) is 52.9 Å². The number of pyridine rings is 1. The first kappa shape index (κ1) is 28.1. The third-order valence-corrected chi connectivity index (χ3v) is 10.3. The molecule has 3 aromatic heterocycles. The maximum Gasteiger partial charge on any atom is 0.346 e. The lowest BCUT2D eigenvalue weighted by molar-refractivity contribution is 0.0702. The van der Waals surface area contributed by atoms with E-state index < -0.39 is 11.8 Å². The van der Waals surface area contributed by atoms with Crippen LogP contribution in [-0.2, 0) is 13.2 Å². The summed E-state index contributed by atoms with van der Waals surface area (Å²) in [6.45, 7) is 4.18. The molecule has 7 rings (SSSR count). The maximum absolute atomic E-state index is 14.3. The highest BCUT2D eigenvalue weighted by atomic mass is 32.1. The second-order valence-corrected chi connectivity index (χ2v) is 13.4. The normalized spacial score (nSPS) is 18.1. The second-order valence-electron chi connectivity index (χ2n) is 12.3. The van der Waals surface area contributed by atoms with Gasteiger partial charge in [-0.2, -0.15) is 15.5 Å². The summed E-state index contributed by atoms with van der Waals surface area (Å²) in [7, 11) is 0. The van der Waals surface area contributed by atoms with Crippen molar-refractivity contribution in [2.75, 3.05) is 36.0 Å². The number of rotatable bonds is 9. The SMILES string of the molecule is N#CCC1(Cn2c(N3CC4(CCN(c5cccc(OCc6ccc(C#N)cc6F)n5)CC4)C3)nc3sc(C(=O)O)cc32)CC1. The van der Waals surface area contributed by atoms with Crippen LogP contribution in [0.3, 0.4) is 0 Å². The molecule has 1 aromatic carbocycles. The number of carboxylic acids is 1. The van der Waals surface area contributed by atoms with Gasteiger partial charge in [0.15, 0.2) is 0 Å². The van der Waals surface area contributed by atoms with Crippen molar-refractivity contribution in [2.24, 2.45) is 10.8 Å². The van der Waals surface area contributed by atoms with Gasteiger partial charge in [-0.1, -0.05) is 12.1 Å². The van der Waals surface area contributed by atoms with Crippen molar-refractivity contribution in [3.8, 4) is 18.0 Å². The molecular weight excluding hydrogens is 581 g/mol. The monoisotopic (exact) mass is 611 g/mol. The molecule has 0 radical (unpaired) electrons. The van der Waals surface area contributed by atoms with Crippen LogP contribution in [0.4, 0.5) is 16.2 Å². The van der Waals surface area contributed by atoms with Crippen molar-refractivity contribution in [2.45, 2.75) is 45.3 Å². The molecule has 2 saturated heterocycles. The Kier molecular flexibility index (Phi) is 6.90. The quantitative estimate of drug-likeness (QED) is 0.258. The Morgan fingerprint density at radius 2 is 1.86 bits per heavy atom. The minimum absolute atomic E-state index is 0.0235. The number of carboxylic acid groups (broad SMARTS) is 1. The zero-order chi connectivity index (χ0) is 30.5. The minimum atomic E-state index is -0.944. The van der Waals surface area contributed by atoms with Crippen LogP contribution in [-0.4, -0.2) is 51.8 Å². The highest BCUT2D eigenvalue weighted by Gasteiger charge is 2.48. The molecule has 0 bridgehead atoms. The molecule has 0 amide bonds. The molecule has 3 aliphatic rings. The number of aromatic carboxylic acids is 1. The van der Waals surface area contributed by atoms with E-state index in [4.69, 9.17) is 15.0 Å². The number of carbonyl (C=O) groups is 1. The van der Waals surface area contributed by atoms with Crippen molar-refractivity contribution < 1.29 is 19.0 Å². The Balaban J connectivity index is 1.00. The number of aromatic nitrogens is 3. The van der Waals surface area contributed by atoms with E-state index in [0.29, 0.717) is 24.4 Å². The first-order chi connectivity index (χ1) is 21.3. The largest absolute Gasteiger partial charge is 0.477 e. The van der Waals surface area contributed by atoms with Crippen LogP contribution < -0.4 is 14.5 Å². The fraction of sp³-hybridized carbons (Fsp3) is 0.406. The molecule has 1 aliphatic carbocycles. The van der Waals surface area contributed by atoms with E-state index in [9.17, 15) is 19.6 Å². The summed E-state index contributed by atoms with van der Waals surface area (Å²) >= 11 is 1.21. The average molecular weight is 612 g/mol. The lowest BCUT2D eigenvalue weighted by Gasteiger charge is -2.54. The Morgan fingerprint density at radius 1 is 1.07 bits per heavy atom. The highest BCUT2D eigenvalue weighted by Crippen LogP contribution is 2.52. The summed E-state index contributed by atoms with van der Waals surface area (Å²) in [5.74, 6) is 0.708. The van der Waals surface area contributed by atoms with Crippen LogP contribution in [0.5, 0.6) is 5.88 Å². The van der Waals surface area contributed by atoms with Crippen LogP contribution in [0.2, 0.25) is 0 Å². The summed E-state index contributed by atoms with van der Waals surface area (Å²) in [5, 5.41) is 27.9. The number of ether oxygens (including phenoxy) is 1. The van der Waals surface area contributed by atoms with Gasteiger partial charge in [0.1, 0.15) is 27.9 Å². The summed E-state index contributed by atoms with van der Waals surface area (Å²) in [4.78, 5) is 26.8. The summed E-state index contributed by atoms with van der Waals surface area (Å²) in [6.07, 6.45) is 4.50. The van der Waals surface area contributed by atoms with Crippen molar-refractivity contribution in [1.82, 2.24) is 14.5 Å². The van der Waals surface area contributed by atoms with E-state index in [-0.39, 0.29) is 27.9 Å². The van der Waals surface area contributed by atoms with Crippen molar-refractivity contribution in [3.05, 3.63) is 64.3 Å². The summed E-state index contributed by atoms with van der Waals surface area (Å²) in [5.41, 5.74) is 1.62. The molecule has 10 nitrogen and oxygen atoms in total. The molecule has 0 unspecified atom stereocenters. The molecule has 0 atom stereocenters. The van der Waals surface area contributed by atoms with Crippen molar-refractivity contribution in [1.29, 1.82) is 10.5 Å². The predicted molar refractivity (Wildman–Crippen MR) is 162 cm³/mol. The van der Waals surface area contributed by atoms with Crippen LogP contribution in [0.15, 0.2) is 42.5 Å². The molecule has 5 heterocycles. The summed E-state index contributed by atoms with van der Waals surface area (Å²) in [6, 6.07) is 15.9. The minimum Gasteiger partial charge on any atom is -0.477 e. The third kappa shape index (κ3) is 5.20. The first-order valence-corrected chi connectivity index (χ1v) is 15.5. The van der Waals surface area contributed by atoms with Crippen LogP contribution in [0, 0.1) is 39.3 Å². The van der Waals surface area contributed by atoms with Crippen LogP contribution in [0.25, 0.3) is 10.3 Å². The van der Waals surface area contributed by atoms with E-state index in [2.05, 4.69) is 25.4 Å². The highest BCUT2D eigenvalue weighted by molar-refractivity contribution is 7.20. The van der Waals surface area contributed by atoms with E-state index >= 15 is 0 Å². The van der Waals surface area contributed by atoms with E-state index in [1.807, 2.05) is 18.2 Å². The lowest BCUT2D eigenvalue weighted by Crippen LogP contribution is -2.61. The zero-order valence-corrected chi connectivity index (χ0v) is 24.8. The molecule has 2 aliphatic heterocycles. The van der Waals surface area contributed by atoms with Crippen molar-refractivity contribution in [3.63, 3.8) is 0 Å². The molecule has 224 valence electrons. The Hall–Kier alpha value is -4.68. The fourth-order valence-electron chi connectivity index (χ4n) is 6.45. The molecule has 12 heteroatoms. The van der Waals surface area contributed by atoms with E-state index in [1.165, 1.54) is 17.4 Å².